The summed E-state index contributed by atoms with van der Waals surface area (Å²) in [4.78, 5) is 0. The van der Waals surface area contributed by atoms with Crippen LogP contribution >= 0.6 is 23.2 Å². The molecule has 0 aliphatic carbocycles. The lowest BCUT2D eigenvalue weighted by atomic mass is 10.0. The first-order valence-corrected chi connectivity index (χ1v) is 6.63. The van der Waals surface area contributed by atoms with Crippen molar-refractivity contribution in [1.29, 1.82) is 0 Å². The van der Waals surface area contributed by atoms with Crippen LogP contribution in [-0.2, 0) is 0 Å². The molecule has 0 aromatic heterocycles. The Morgan fingerprint density at radius 1 is 1.25 bits per heavy atom. The third kappa shape index (κ3) is 3.65. The quantitative estimate of drug-likeness (QED) is 0.722. The fourth-order valence-electron chi connectivity index (χ4n) is 1.72. The molecule has 1 aromatic carbocycles. The van der Waals surface area contributed by atoms with Crippen LogP contribution in [0.4, 0.5) is 0 Å². The Bertz CT molecular complexity index is 326. The molecule has 0 aliphatic heterocycles. The zero-order chi connectivity index (χ0) is 12.0. The molecule has 3 heteroatoms. The molecule has 1 aromatic rings. The molecule has 0 saturated carbocycles. The highest BCUT2D eigenvalue weighted by Gasteiger charge is 2.13. The average molecular weight is 260 g/mol. The second-order valence-corrected chi connectivity index (χ2v) is 4.70. The molecular formula is C13H19Cl2N. The largest absolute Gasteiger partial charge is 0.310 e. The topological polar surface area (TPSA) is 12.0 Å². The van der Waals surface area contributed by atoms with Gasteiger partial charge in [-0.2, -0.15) is 0 Å². The number of unbranched alkanes of at least 4 members (excludes halogenated alkanes) is 1. The van der Waals surface area contributed by atoms with E-state index in [4.69, 9.17) is 23.2 Å². The molecule has 0 saturated heterocycles. The van der Waals surface area contributed by atoms with Crippen LogP contribution in [0.15, 0.2) is 18.2 Å². The Morgan fingerprint density at radius 3 is 2.62 bits per heavy atom. The first-order valence-electron chi connectivity index (χ1n) is 5.88. The normalized spacial score (nSPS) is 12.8. The third-order valence-corrected chi connectivity index (χ3v) is 3.52. The molecule has 1 rings (SSSR count). The fourth-order valence-corrected chi connectivity index (χ4v) is 2.16. The molecule has 1 atom stereocenters. The maximum absolute atomic E-state index is 6.21. The van der Waals surface area contributed by atoms with E-state index in [-0.39, 0.29) is 0 Å². The number of rotatable bonds is 6. The molecule has 0 radical (unpaired) electrons. The van der Waals surface area contributed by atoms with E-state index in [0.717, 1.165) is 18.5 Å². The van der Waals surface area contributed by atoms with Gasteiger partial charge in [0, 0.05) is 6.04 Å². The third-order valence-electron chi connectivity index (χ3n) is 2.69. The van der Waals surface area contributed by atoms with Crippen molar-refractivity contribution in [3.05, 3.63) is 33.8 Å². The monoisotopic (exact) mass is 259 g/mol. The second-order valence-electron chi connectivity index (χ2n) is 3.91. The van der Waals surface area contributed by atoms with Crippen LogP contribution in [0.2, 0.25) is 10.0 Å². The van der Waals surface area contributed by atoms with Crippen LogP contribution in [0, 0.1) is 0 Å². The van der Waals surface area contributed by atoms with Crippen molar-refractivity contribution in [2.24, 2.45) is 0 Å². The van der Waals surface area contributed by atoms with Gasteiger partial charge in [0.25, 0.3) is 0 Å². The molecule has 0 fully saturated rings. The first-order chi connectivity index (χ1) is 7.70. The van der Waals surface area contributed by atoms with Crippen molar-refractivity contribution in [2.45, 2.75) is 39.2 Å². The number of hydrogen-bond acceptors (Lipinski definition) is 1. The lowest BCUT2D eigenvalue weighted by molar-refractivity contribution is 0.508. The molecule has 0 heterocycles. The van der Waals surface area contributed by atoms with Crippen LogP contribution < -0.4 is 5.32 Å². The van der Waals surface area contributed by atoms with Gasteiger partial charge in [-0.25, -0.2) is 0 Å². The number of benzene rings is 1. The van der Waals surface area contributed by atoms with E-state index in [1.165, 1.54) is 12.8 Å². The Morgan fingerprint density at radius 2 is 2.00 bits per heavy atom. The van der Waals surface area contributed by atoms with Gasteiger partial charge in [-0.05, 0) is 31.0 Å². The van der Waals surface area contributed by atoms with Gasteiger partial charge in [-0.15, -0.1) is 0 Å². The molecule has 1 nitrogen and oxygen atoms in total. The fraction of sp³-hybridized carbons (Fsp3) is 0.538. The van der Waals surface area contributed by atoms with E-state index in [1.807, 2.05) is 18.2 Å². The molecule has 0 spiro atoms. The van der Waals surface area contributed by atoms with E-state index in [2.05, 4.69) is 19.2 Å². The summed E-state index contributed by atoms with van der Waals surface area (Å²) in [5.74, 6) is 0. The van der Waals surface area contributed by atoms with Crippen LogP contribution in [0.25, 0.3) is 0 Å². The minimum atomic E-state index is 0.303. The molecular weight excluding hydrogens is 241 g/mol. The van der Waals surface area contributed by atoms with Gasteiger partial charge in [0.1, 0.15) is 0 Å². The Labute approximate surface area is 108 Å². The molecule has 1 N–H and O–H groups in total. The predicted molar refractivity (Wildman–Crippen MR) is 72.4 cm³/mol. The smallest absolute Gasteiger partial charge is 0.0640 e. The van der Waals surface area contributed by atoms with Crippen molar-refractivity contribution in [3.8, 4) is 0 Å². The Kier molecular flexibility index (Phi) is 6.18. The SMILES string of the molecule is CCCCNC(CC)c1cccc(Cl)c1Cl. The molecule has 0 amide bonds. The van der Waals surface area contributed by atoms with Crippen molar-refractivity contribution in [3.63, 3.8) is 0 Å². The van der Waals surface area contributed by atoms with E-state index >= 15 is 0 Å². The molecule has 0 bridgehead atoms. The molecule has 16 heavy (non-hydrogen) atoms. The number of nitrogens with one attached hydrogen (secondary N) is 1. The van der Waals surface area contributed by atoms with E-state index in [1.54, 1.807) is 0 Å². The van der Waals surface area contributed by atoms with E-state index in [9.17, 15) is 0 Å². The summed E-state index contributed by atoms with van der Waals surface area (Å²) >= 11 is 12.2. The highest BCUT2D eigenvalue weighted by atomic mass is 35.5. The van der Waals surface area contributed by atoms with Crippen molar-refractivity contribution in [2.75, 3.05) is 6.54 Å². The maximum atomic E-state index is 6.21. The predicted octanol–water partition coefficient (Wildman–Crippen LogP) is 4.83. The van der Waals surface area contributed by atoms with Crippen molar-refractivity contribution >= 4 is 23.2 Å². The number of hydrogen-bond donors (Lipinski definition) is 1. The molecule has 90 valence electrons. The zero-order valence-electron chi connectivity index (χ0n) is 9.89. The van der Waals surface area contributed by atoms with Gasteiger partial charge in [-0.3, -0.25) is 0 Å². The summed E-state index contributed by atoms with van der Waals surface area (Å²) in [5.41, 5.74) is 1.10. The van der Waals surface area contributed by atoms with Crippen molar-refractivity contribution < 1.29 is 0 Å². The average Bonchev–Trinajstić information content (AvgIpc) is 2.29. The zero-order valence-corrected chi connectivity index (χ0v) is 11.4. The van der Waals surface area contributed by atoms with Gasteiger partial charge in [-0.1, -0.05) is 55.6 Å². The van der Waals surface area contributed by atoms with Crippen LogP contribution in [0.1, 0.15) is 44.7 Å². The minimum Gasteiger partial charge on any atom is -0.310 e. The standard InChI is InChI=1S/C13H19Cl2N/c1-3-5-9-16-12(4-2)10-7-6-8-11(14)13(10)15/h6-8,12,16H,3-5,9H2,1-2H3. The minimum absolute atomic E-state index is 0.303. The van der Waals surface area contributed by atoms with Gasteiger partial charge in [0.05, 0.1) is 10.0 Å². The lowest BCUT2D eigenvalue weighted by Crippen LogP contribution is -2.22. The number of halogens is 2. The van der Waals surface area contributed by atoms with Gasteiger partial charge in [0.2, 0.25) is 0 Å². The summed E-state index contributed by atoms with van der Waals surface area (Å²) in [7, 11) is 0. The van der Waals surface area contributed by atoms with Crippen LogP contribution in [-0.4, -0.2) is 6.54 Å². The van der Waals surface area contributed by atoms with Gasteiger partial charge in [0.15, 0.2) is 0 Å². The molecule has 1 unspecified atom stereocenters. The highest BCUT2D eigenvalue weighted by Crippen LogP contribution is 2.31. The lowest BCUT2D eigenvalue weighted by Gasteiger charge is -2.19. The van der Waals surface area contributed by atoms with Crippen molar-refractivity contribution in [1.82, 2.24) is 5.32 Å². The van der Waals surface area contributed by atoms with E-state index < -0.39 is 0 Å². The van der Waals surface area contributed by atoms with Gasteiger partial charge >= 0.3 is 0 Å². The Balaban J connectivity index is 2.74. The highest BCUT2D eigenvalue weighted by molar-refractivity contribution is 6.42. The summed E-state index contributed by atoms with van der Waals surface area (Å²) in [6.07, 6.45) is 3.41. The summed E-state index contributed by atoms with van der Waals surface area (Å²) in [6.45, 7) is 5.37. The van der Waals surface area contributed by atoms with E-state index in [0.29, 0.717) is 16.1 Å². The first kappa shape index (κ1) is 13.8. The maximum Gasteiger partial charge on any atom is 0.0640 e. The van der Waals surface area contributed by atoms with Gasteiger partial charge < -0.3 is 5.32 Å². The second kappa shape index (κ2) is 7.16. The summed E-state index contributed by atoms with van der Waals surface area (Å²) < 4.78 is 0. The molecule has 0 aliphatic rings. The summed E-state index contributed by atoms with van der Waals surface area (Å²) in [6, 6.07) is 6.12. The van der Waals surface area contributed by atoms with Crippen LogP contribution in [0.5, 0.6) is 0 Å². The van der Waals surface area contributed by atoms with Crippen LogP contribution in [0.3, 0.4) is 0 Å². The summed E-state index contributed by atoms with van der Waals surface area (Å²) in [5, 5.41) is 4.83. The Hall–Kier alpha value is -0.240.